The molecule has 0 aromatic carbocycles. The predicted molar refractivity (Wildman–Crippen MR) is 54.1 cm³/mol. The van der Waals surface area contributed by atoms with Gasteiger partial charge in [0.15, 0.2) is 5.78 Å². The van der Waals surface area contributed by atoms with E-state index in [1.165, 1.54) is 11.3 Å². The van der Waals surface area contributed by atoms with Crippen LogP contribution in [0.5, 0.6) is 0 Å². The predicted octanol–water partition coefficient (Wildman–Crippen LogP) is 1.76. The highest BCUT2D eigenvalue weighted by Crippen LogP contribution is 2.11. The van der Waals surface area contributed by atoms with E-state index in [9.17, 15) is 4.79 Å². The van der Waals surface area contributed by atoms with Gasteiger partial charge in [-0.05, 0) is 13.3 Å². The van der Waals surface area contributed by atoms with Crippen molar-refractivity contribution in [2.75, 3.05) is 0 Å². The molecule has 0 bridgehead atoms. The number of nitrogens with zero attached hydrogens (tertiary/aromatic N) is 1. The van der Waals surface area contributed by atoms with E-state index < -0.39 is 0 Å². The van der Waals surface area contributed by atoms with Gasteiger partial charge >= 0.3 is 0 Å². The molecule has 3 nitrogen and oxygen atoms in total. The molecule has 1 aromatic heterocycles. The van der Waals surface area contributed by atoms with Gasteiger partial charge in [-0.25, -0.2) is 4.98 Å². The number of ketones is 1. The molecule has 1 atom stereocenters. The van der Waals surface area contributed by atoms with Gasteiger partial charge in [0, 0.05) is 17.8 Å². The number of Topliss-reactive ketones (excluding diaryl/α,β-unsaturated/α-hetero) is 1. The SMILES string of the molecule is CCC(N)CC(=O)c1csc(C)n1. The van der Waals surface area contributed by atoms with Crippen molar-refractivity contribution in [2.24, 2.45) is 5.73 Å². The van der Waals surface area contributed by atoms with E-state index in [1.807, 2.05) is 13.8 Å². The van der Waals surface area contributed by atoms with Gasteiger partial charge in [-0.3, -0.25) is 4.79 Å². The summed E-state index contributed by atoms with van der Waals surface area (Å²) in [4.78, 5) is 15.6. The zero-order valence-electron chi connectivity index (χ0n) is 7.91. The van der Waals surface area contributed by atoms with E-state index in [1.54, 1.807) is 5.38 Å². The summed E-state index contributed by atoms with van der Waals surface area (Å²) in [5.74, 6) is 0.0544. The Morgan fingerprint density at radius 1 is 1.77 bits per heavy atom. The molecule has 0 radical (unpaired) electrons. The highest BCUT2D eigenvalue weighted by atomic mass is 32.1. The molecule has 1 rings (SSSR count). The van der Waals surface area contributed by atoms with Crippen molar-refractivity contribution in [2.45, 2.75) is 32.7 Å². The Labute approximate surface area is 82.0 Å². The minimum Gasteiger partial charge on any atom is -0.327 e. The van der Waals surface area contributed by atoms with Crippen LogP contribution in [0.15, 0.2) is 5.38 Å². The maximum absolute atomic E-state index is 11.5. The molecule has 1 aromatic rings. The van der Waals surface area contributed by atoms with Crippen LogP contribution in [-0.2, 0) is 0 Å². The minimum atomic E-state index is -0.0329. The van der Waals surface area contributed by atoms with Crippen molar-refractivity contribution in [3.8, 4) is 0 Å². The molecule has 0 aliphatic heterocycles. The number of aryl methyl sites for hydroxylation is 1. The van der Waals surface area contributed by atoms with Gasteiger partial charge in [-0.2, -0.15) is 0 Å². The van der Waals surface area contributed by atoms with Crippen LogP contribution in [-0.4, -0.2) is 16.8 Å². The van der Waals surface area contributed by atoms with E-state index in [4.69, 9.17) is 5.73 Å². The average molecular weight is 198 g/mol. The fourth-order valence-electron chi connectivity index (χ4n) is 0.979. The van der Waals surface area contributed by atoms with Crippen molar-refractivity contribution in [3.63, 3.8) is 0 Å². The summed E-state index contributed by atoms with van der Waals surface area (Å²) >= 11 is 1.49. The summed E-state index contributed by atoms with van der Waals surface area (Å²) in [5, 5.41) is 2.72. The fourth-order valence-corrected chi connectivity index (χ4v) is 1.60. The quantitative estimate of drug-likeness (QED) is 0.750. The summed E-state index contributed by atoms with van der Waals surface area (Å²) in [6.07, 6.45) is 1.23. The third-order valence-corrected chi connectivity index (χ3v) is 2.65. The van der Waals surface area contributed by atoms with Gasteiger partial charge in [0.2, 0.25) is 0 Å². The van der Waals surface area contributed by atoms with Crippen LogP contribution in [0.25, 0.3) is 0 Å². The number of carbonyl (C=O) groups excluding carboxylic acids is 1. The molecule has 13 heavy (non-hydrogen) atoms. The largest absolute Gasteiger partial charge is 0.327 e. The van der Waals surface area contributed by atoms with Crippen molar-refractivity contribution < 1.29 is 4.79 Å². The standard InChI is InChI=1S/C9H14N2OS/c1-3-7(10)4-9(12)8-5-13-6(2)11-8/h5,7H,3-4,10H2,1-2H3. The summed E-state index contributed by atoms with van der Waals surface area (Å²) in [6.45, 7) is 3.87. The maximum Gasteiger partial charge on any atom is 0.183 e. The second-order valence-electron chi connectivity index (χ2n) is 3.05. The Kier molecular flexibility index (Phi) is 3.57. The van der Waals surface area contributed by atoms with Gasteiger partial charge in [0.05, 0.1) is 5.01 Å². The van der Waals surface area contributed by atoms with E-state index in [-0.39, 0.29) is 11.8 Å². The molecule has 1 unspecified atom stereocenters. The number of hydrogen-bond acceptors (Lipinski definition) is 4. The number of aromatic nitrogens is 1. The summed E-state index contributed by atoms with van der Waals surface area (Å²) in [6, 6.07) is -0.0329. The van der Waals surface area contributed by atoms with Crippen LogP contribution in [0.2, 0.25) is 0 Å². The molecular formula is C9H14N2OS. The van der Waals surface area contributed by atoms with Crippen molar-refractivity contribution in [1.29, 1.82) is 0 Å². The van der Waals surface area contributed by atoms with Crippen molar-refractivity contribution in [3.05, 3.63) is 16.1 Å². The van der Waals surface area contributed by atoms with Crippen LogP contribution in [0, 0.1) is 6.92 Å². The van der Waals surface area contributed by atoms with E-state index in [2.05, 4.69) is 4.98 Å². The molecule has 0 saturated carbocycles. The summed E-state index contributed by atoms with van der Waals surface area (Å²) in [7, 11) is 0. The normalized spacial score (nSPS) is 12.8. The van der Waals surface area contributed by atoms with Crippen LogP contribution < -0.4 is 5.73 Å². The molecule has 72 valence electrons. The lowest BCUT2D eigenvalue weighted by Crippen LogP contribution is -2.22. The number of nitrogens with two attached hydrogens (primary N) is 1. The third-order valence-electron chi connectivity index (χ3n) is 1.88. The van der Waals surface area contributed by atoms with Gasteiger partial charge in [0.1, 0.15) is 5.69 Å². The minimum absolute atomic E-state index is 0.0329. The van der Waals surface area contributed by atoms with Gasteiger partial charge < -0.3 is 5.73 Å². The first-order valence-electron chi connectivity index (χ1n) is 4.34. The zero-order valence-corrected chi connectivity index (χ0v) is 8.73. The second kappa shape index (κ2) is 4.48. The van der Waals surface area contributed by atoms with Gasteiger partial charge in [-0.15, -0.1) is 11.3 Å². The molecule has 2 N–H and O–H groups in total. The second-order valence-corrected chi connectivity index (χ2v) is 4.11. The Hall–Kier alpha value is -0.740. The van der Waals surface area contributed by atoms with Crippen molar-refractivity contribution in [1.82, 2.24) is 4.98 Å². The number of hydrogen-bond donors (Lipinski definition) is 1. The highest BCUT2D eigenvalue weighted by molar-refractivity contribution is 7.09. The Morgan fingerprint density at radius 3 is 2.92 bits per heavy atom. The Bertz CT molecular complexity index is 296. The van der Waals surface area contributed by atoms with Gasteiger partial charge in [-0.1, -0.05) is 6.92 Å². The highest BCUT2D eigenvalue weighted by Gasteiger charge is 2.12. The van der Waals surface area contributed by atoms with Gasteiger partial charge in [0.25, 0.3) is 0 Å². The third kappa shape index (κ3) is 2.90. The van der Waals surface area contributed by atoms with Crippen molar-refractivity contribution >= 4 is 17.1 Å². The monoisotopic (exact) mass is 198 g/mol. The first-order valence-corrected chi connectivity index (χ1v) is 5.22. The lowest BCUT2D eigenvalue weighted by molar-refractivity contribution is 0.0969. The first kappa shape index (κ1) is 10.3. The Morgan fingerprint density at radius 2 is 2.46 bits per heavy atom. The van der Waals surface area contributed by atoms with Crippen LogP contribution in [0.3, 0.4) is 0 Å². The molecule has 0 aliphatic carbocycles. The van der Waals surface area contributed by atoms with E-state index >= 15 is 0 Å². The summed E-state index contributed by atoms with van der Waals surface area (Å²) < 4.78 is 0. The van der Waals surface area contributed by atoms with E-state index in [0.29, 0.717) is 12.1 Å². The van der Waals surface area contributed by atoms with Crippen LogP contribution in [0.4, 0.5) is 0 Å². The topological polar surface area (TPSA) is 56.0 Å². The summed E-state index contributed by atoms with van der Waals surface area (Å²) in [5.41, 5.74) is 6.23. The molecule has 1 heterocycles. The average Bonchev–Trinajstić information content (AvgIpc) is 2.51. The fraction of sp³-hybridized carbons (Fsp3) is 0.556. The van der Waals surface area contributed by atoms with E-state index in [0.717, 1.165) is 11.4 Å². The number of thiazole rings is 1. The zero-order chi connectivity index (χ0) is 9.84. The lowest BCUT2D eigenvalue weighted by Gasteiger charge is -2.04. The molecule has 0 aliphatic rings. The number of rotatable bonds is 4. The first-order chi connectivity index (χ1) is 6.13. The maximum atomic E-state index is 11.5. The molecule has 0 spiro atoms. The Balaban J connectivity index is 2.58. The lowest BCUT2D eigenvalue weighted by atomic mass is 10.1. The molecule has 0 amide bonds. The molecule has 4 heteroatoms. The molecular weight excluding hydrogens is 184 g/mol. The molecule has 0 fully saturated rings. The van der Waals surface area contributed by atoms with Crippen LogP contribution >= 0.6 is 11.3 Å². The number of carbonyl (C=O) groups is 1. The van der Waals surface area contributed by atoms with Crippen LogP contribution in [0.1, 0.15) is 35.3 Å². The molecule has 0 saturated heterocycles. The smallest absolute Gasteiger partial charge is 0.183 e.